The normalized spacial score (nSPS) is 23.6. The lowest BCUT2D eigenvalue weighted by atomic mass is 9.77. The first-order valence-corrected chi connectivity index (χ1v) is 9.78. The fourth-order valence-electron chi connectivity index (χ4n) is 4.33. The van der Waals surface area contributed by atoms with Gasteiger partial charge < -0.3 is 15.2 Å². The van der Waals surface area contributed by atoms with Crippen molar-refractivity contribution in [3.8, 4) is 17.0 Å². The number of phenolic OH excluding ortho intramolecular Hbond substituents is 1. The van der Waals surface area contributed by atoms with E-state index in [4.69, 9.17) is 4.74 Å². The summed E-state index contributed by atoms with van der Waals surface area (Å²) in [6, 6.07) is 5.03. The Morgan fingerprint density at radius 2 is 1.96 bits per heavy atom. The van der Waals surface area contributed by atoms with Crippen LogP contribution in [0.15, 0.2) is 24.8 Å². The minimum atomic E-state index is -0.571. The van der Waals surface area contributed by atoms with Crippen LogP contribution in [0.1, 0.15) is 49.3 Å². The van der Waals surface area contributed by atoms with Crippen molar-refractivity contribution in [3.05, 3.63) is 41.5 Å². The third kappa shape index (κ3) is 3.37. The summed E-state index contributed by atoms with van der Waals surface area (Å²) in [6.45, 7) is 5.40. The Bertz CT molecular complexity index is 922. The number of hydrogen-bond acceptors (Lipinski definition) is 5. The lowest BCUT2D eigenvalue weighted by Crippen LogP contribution is -2.50. The molecule has 0 aliphatic heterocycles. The smallest absolute Gasteiger partial charge is 0.152 e. The van der Waals surface area contributed by atoms with E-state index >= 15 is 0 Å². The van der Waals surface area contributed by atoms with E-state index in [1.165, 1.54) is 11.6 Å². The van der Waals surface area contributed by atoms with Crippen LogP contribution in [0.4, 0.5) is 10.2 Å². The van der Waals surface area contributed by atoms with Gasteiger partial charge in [0.05, 0.1) is 5.60 Å². The second kappa shape index (κ2) is 7.17. The zero-order valence-corrected chi connectivity index (χ0v) is 16.4. The molecule has 1 fully saturated rings. The number of nitrogens with zero attached hydrogens (tertiary/aromatic N) is 2. The molecule has 0 unspecified atom stereocenters. The SMILES string of the molecule is C=C(F)c1ccc(-c2nnc(NC3CC(C)(OC)C3)c3c2CCCC3)c(O)c1. The van der Waals surface area contributed by atoms with Gasteiger partial charge in [0, 0.05) is 29.8 Å². The van der Waals surface area contributed by atoms with Crippen molar-refractivity contribution in [2.24, 2.45) is 0 Å². The number of anilines is 1. The number of hydrogen-bond donors (Lipinski definition) is 2. The first kappa shape index (κ1) is 18.9. The van der Waals surface area contributed by atoms with Crippen LogP contribution < -0.4 is 5.32 Å². The molecule has 148 valence electrons. The predicted octanol–water partition coefficient (Wildman–Crippen LogP) is 4.65. The number of halogens is 1. The Hall–Kier alpha value is -2.47. The first-order chi connectivity index (χ1) is 13.4. The zero-order valence-electron chi connectivity index (χ0n) is 16.4. The second-order valence-electron chi connectivity index (χ2n) is 8.10. The maximum absolute atomic E-state index is 13.4. The van der Waals surface area contributed by atoms with E-state index in [9.17, 15) is 9.50 Å². The lowest BCUT2D eigenvalue weighted by molar-refractivity contribution is -0.0625. The molecule has 1 aromatic heterocycles. The van der Waals surface area contributed by atoms with Crippen molar-refractivity contribution in [1.29, 1.82) is 0 Å². The topological polar surface area (TPSA) is 67.3 Å². The third-order valence-corrected chi connectivity index (χ3v) is 6.05. The zero-order chi connectivity index (χ0) is 19.9. The molecular formula is C22H26FN3O2. The molecule has 2 aliphatic rings. The molecule has 6 heteroatoms. The van der Waals surface area contributed by atoms with Gasteiger partial charge in [-0.05, 0) is 63.1 Å². The average molecular weight is 383 g/mol. The van der Waals surface area contributed by atoms with Crippen LogP contribution in [-0.4, -0.2) is 34.1 Å². The highest BCUT2D eigenvalue weighted by Crippen LogP contribution is 2.40. The average Bonchev–Trinajstić information content (AvgIpc) is 2.67. The quantitative estimate of drug-likeness (QED) is 0.787. The van der Waals surface area contributed by atoms with Crippen LogP contribution >= 0.6 is 0 Å². The van der Waals surface area contributed by atoms with Gasteiger partial charge in [0.15, 0.2) is 5.82 Å². The Balaban J connectivity index is 1.66. The Morgan fingerprint density at radius 3 is 2.61 bits per heavy atom. The molecule has 0 saturated heterocycles. The number of aromatic hydroxyl groups is 1. The molecule has 1 heterocycles. The minimum Gasteiger partial charge on any atom is -0.507 e. The number of benzene rings is 1. The summed E-state index contributed by atoms with van der Waals surface area (Å²) in [5, 5.41) is 22.9. The van der Waals surface area contributed by atoms with Gasteiger partial charge in [-0.25, -0.2) is 4.39 Å². The number of ether oxygens (including phenoxy) is 1. The van der Waals surface area contributed by atoms with Crippen molar-refractivity contribution in [1.82, 2.24) is 10.2 Å². The monoisotopic (exact) mass is 383 g/mol. The predicted molar refractivity (Wildman–Crippen MR) is 108 cm³/mol. The Kier molecular flexibility index (Phi) is 4.83. The van der Waals surface area contributed by atoms with Crippen LogP contribution in [-0.2, 0) is 17.6 Å². The van der Waals surface area contributed by atoms with E-state index in [-0.39, 0.29) is 16.9 Å². The fraction of sp³-hybridized carbons (Fsp3) is 0.455. The lowest BCUT2D eigenvalue weighted by Gasteiger charge is -2.44. The van der Waals surface area contributed by atoms with E-state index in [1.54, 1.807) is 19.2 Å². The van der Waals surface area contributed by atoms with Gasteiger partial charge in [0.25, 0.3) is 0 Å². The molecule has 0 bridgehead atoms. The summed E-state index contributed by atoms with van der Waals surface area (Å²) in [5.41, 5.74) is 3.79. The van der Waals surface area contributed by atoms with Gasteiger partial charge in [-0.1, -0.05) is 12.6 Å². The van der Waals surface area contributed by atoms with Crippen molar-refractivity contribution < 1.29 is 14.2 Å². The Labute approximate surface area is 164 Å². The van der Waals surface area contributed by atoms with E-state index in [0.717, 1.165) is 49.9 Å². The summed E-state index contributed by atoms with van der Waals surface area (Å²) in [6.07, 6.45) is 5.91. The van der Waals surface area contributed by atoms with Crippen molar-refractivity contribution >= 4 is 11.6 Å². The van der Waals surface area contributed by atoms with E-state index in [2.05, 4.69) is 29.0 Å². The Morgan fingerprint density at radius 1 is 1.25 bits per heavy atom. The molecule has 5 nitrogen and oxygen atoms in total. The maximum Gasteiger partial charge on any atom is 0.152 e. The van der Waals surface area contributed by atoms with Gasteiger partial charge in [-0.3, -0.25) is 0 Å². The van der Waals surface area contributed by atoms with Crippen molar-refractivity contribution in [2.75, 3.05) is 12.4 Å². The van der Waals surface area contributed by atoms with Crippen LogP contribution in [0.25, 0.3) is 17.1 Å². The second-order valence-corrected chi connectivity index (χ2v) is 8.10. The van der Waals surface area contributed by atoms with Crippen molar-refractivity contribution in [2.45, 2.75) is 57.1 Å². The van der Waals surface area contributed by atoms with Crippen molar-refractivity contribution in [3.63, 3.8) is 0 Å². The molecule has 0 amide bonds. The number of phenols is 1. The summed E-state index contributed by atoms with van der Waals surface area (Å²) in [7, 11) is 1.75. The largest absolute Gasteiger partial charge is 0.507 e. The summed E-state index contributed by atoms with van der Waals surface area (Å²) in [4.78, 5) is 0. The van der Waals surface area contributed by atoms with Crippen LogP contribution in [0, 0.1) is 0 Å². The van der Waals surface area contributed by atoms with E-state index in [0.29, 0.717) is 17.3 Å². The van der Waals surface area contributed by atoms with E-state index in [1.807, 2.05) is 0 Å². The molecule has 2 aliphatic carbocycles. The molecule has 2 aromatic rings. The van der Waals surface area contributed by atoms with Crippen LogP contribution in [0.2, 0.25) is 0 Å². The maximum atomic E-state index is 13.4. The van der Waals surface area contributed by atoms with E-state index < -0.39 is 5.83 Å². The van der Waals surface area contributed by atoms with Crippen LogP contribution in [0.5, 0.6) is 5.75 Å². The van der Waals surface area contributed by atoms with Gasteiger partial charge in [-0.2, -0.15) is 0 Å². The number of methoxy groups -OCH3 is 1. The van der Waals surface area contributed by atoms with Crippen LogP contribution in [0.3, 0.4) is 0 Å². The molecule has 1 saturated carbocycles. The number of fused-ring (bicyclic) bond motifs is 1. The first-order valence-electron chi connectivity index (χ1n) is 9.78. The molecule has 2 N–H and O–H groups in total. The molecule has 28 heavy (non-hydrogen) atoms. The number of aromatic nitrogens is 2. The highest BCUT2D eigenvalue weighted by Gasteiger charge is 2.41. The minimum absolute atomic E-state index is 0.00561. The van der Waals surface area contributed by atoms with Gasteiger partial charge in [0.2, 0.25) is 0 Å². The summed E-state index contributed by atoms with van der Waals surface area (Å²) in [5.74, 6) is 0.266. The summed E-state index contributed by atoms with van der Waals surface area (Å²) < 4.78 is 18.9. The summed E-state index contributed by atoms with van der Waals surface area (Å²) >= 11 is 0. The molecule has 0 radical (unpaired) electrons. The number of nitrogens with one attached hydrogen (secondary N) is 1. The highest BCUT2D eigenvalue weighted by atomic mass is 19.1. The molecular weight excluding hydrogens is 357 g/mol. The fourth-order valence-corrected chi connectivity index (χ4v) is 4.33. The molecule has 0 spiro atoms. The highest BCUT2D eigenvalue weighted by molar-refractivity contribution is 5.75. The molecule has 0 atom stereocenters. The van der Waals surface area contributed by atoms with Gasteiger partial charge >= 0.3 is 0 Å². The molecule has 4 rings (SSSR count). The van der Waals surface area contributed by atoms with Gasteiger partial charge in [0.1, 0.15) is 17.3 Å². The number of rotatable bonds is 5. The molecule has 1 aromatic carbocycles. The third-order valence-electron chi connectivity index (χ3n) is 6.05. The standard InChI is InChI=1S/C22H26FN3O2/c1-13(23)14-8-9-18(19(27)10-14)20-16-6-4-5-7-17(16)21(26-25-20)24-15-11-22(2,12-15)28-3/h8-10,15,27H,1,4-7,11-12H2,2-3H3,(H,24,26). The van der Waals surface area contributed by atoms with Gasteiger partial charge in [-0.15, -0.1) is 10.2 Å².